The van der Waals surface area contributed by atoms with Gasteiger partial charge in [-0.25, -0.2) is 0 Å². The number of nitrogens with one attached hydrogen (secondary N) is 1. The Bertz CT molecular complexity index is 211. The lowest BCUT2D eigenvalue weighted by atomic mass is 10.1. The van der Waals surface area contributed by atoms with E-state index in [4.69, 9.17) is 4.74 Å². The van der Waals surface area contributed by atoms with Gasteiger partial charge < -0.3 is 15.0 Å². The van der Waals surface area contributed by atoms with Gasteiger partial charge in [-0.3, -0.25) is 4.99 Å². The molecule has 2 aliphatic rings. The number of aliphatic imine (C=N–C) groups is 1. The van der Waals surface area contributed by atoms with E-state index < -0.39 is 0 Å². The summed E-state index contributed by atoms with van der Waals surface area (Å²) in [5, 5.41) is 3.33. The van der Waals surface area contributed by atoms with Crippen LogP contribution in [0.5, 0.6) is 0 Å². The van der Waals surface area contributed by atoms with E-state index in [0.29, 0.717) is 5.92 Å². The van der Waals surface area contributed by atoms with Gasteiger partial charge in [0.15, 0.2) is 5.96 Å². The highest BCUT2D eigenvalue weighted by atomic mass is 16.5. The first kappa shape index (κ1) is 9.77. The first-order chi connectivity index (χ1) is 6.86. The van der Waals surface area contributed by atoms with Crippen molar-refractivity contribution in [3.05, 3.63) is 0 Å². The van der Waals surface area contributed by atoms with Crippen molar-refractivity contribution < 1.29 is 4.74 Å². The fraction of sp³-hybridized carbons (Fsp3) is 0.900. The lowest BCUT2D eigenvalue weighted by Crippen LogP contribution is -2.43. The molecule has 2 rings (SSSR count). The number of rotatable bonds is 2. The molecule has 0 aromatic carbocycles. The molecule has 1 N–H and O–H groups in total. The average Bonchev–Trinajstić information content (AvgIpc) is 2.72. The smallest absolute Gasteiger partial charge is 0.193 e. The van der Waals surface area contributed by atoms with Gasteiger partial charge in [-0.15, -0.1) is 0 Å². The predicted octanol–water partition coefficient (Wildman–Crippen LogP) is 0.304. The Morgan fingerprint density at radius 1 is 1.64 bits per heavy atom. The third-order valence-corrected chi connectivity index (χ3v) is 2.80. The van der Waals surface area contributed by atoms with Crippen LogP contribution in [-0.2, 0) is 4.74 Å². The monoisotopic (exact) mass is 197 g/mol. The van der Waals surface area contributed by atoms with Gasteiger partial charge in [-0.05, 0) is 12.8 Å². The zero-order chi connectivity index (χ0) is 9.80. The van der Waals surface area contributed by atoms with Crippen molar-refractivity contribution in [2.75, 3.05) is 39.9 Å². The summed E-state index contributed by atoms with van der Waals surface area (Å²) in [4.78, 5) is 6.68. The standard InChI is InChI=1S/C10H19N3O/c1-13(7-9-3-6-14-8-9)10-11-4-2-5-12-10/h9H,2-8H2,1H3,(H,11,12). The Morgan fingerprint density at radius 3 is 3.21 bits per heavy atom. The summed E-state index contributed by atoms with van der Waals surface area (Å²) in [5.74, 6) is 1.74. The highest BCUT2D eigenvalue weighted by molar-refractivity contribution is 5.80. The molecule has 0 aromatic heterocycles. The summed E-state index contributed by atoms with van der Waals surface area (Å²) >= 11 is 0. The Kier molecular flexibility index (Phi) is 3.24. The van der Waals surface area contributed by atoms with Gasteiger partial charge in [-0.1, -0.05) is 0 Å². The van der Waals surface area contributed by atoms with Crippen molar-refractivity contribution in [3.8, 4) is 0 Å². The lowest BCUT2D eigenvalue weighted by Gasteiger charge is -2.26. The van der Waals surface area contributed by atoms with Gasteiger partial charge in [0.05, 0.1) is 6.61 Å². The van der Waals surface area contributed by atoms with Crippen LogP contribution >= 0.6 is 0 Å². The summed E-state index contributed by atoms with van der Waals surface area (Å²) < 4.78 is 5.36. The Morgan fingerprint density at radius 2 is 2.57 bits per heavy atom. The molecule has 1 unspecified atom stereocenters. The molecule has 14 heavy (non-hydrogen) atoms. The highest BCUT2D eigenvalue weighted by Crippen LogP contribution is 2.13. The van der Waals surface area contributed by atoms with E-state index in [9.17, 15) is 0 Å². The van der Waals surface area contributed by atoms with E-state index >= 15 is 0 Å². The number of guanidine groups is 1. The van der Waals surface area contributed by atoms with Crippen LogP contribution in [0.3, 0.4) is 0 Å². The molecule has 0 saturated carbocycles. The molecule has 0 bridgehead atoms. The fourth-order valence-corrected chi connectivity index (χ4v) is 1.98. The zero-order valence-corrected chi connectivity index (χ0v) is 8.83. The molecule has 4 heteroatoms. The van der Waals surface area contributed by atoms with E-state index in [0.717, 1.165) is 45.2 Å². The molecule has 4 nitrogen and oxygen atoms in total. The molecule has 1 atom stereocenters. The van der Waals surface area contributed by atoms with Gasteiger partial charge in [0, 0.05) is 39.2 Å². The van der Waals surface area contributed by atoms with E-state index in [-0.39, 0.29) is 0 Å². The lowest BCUT2D eigenvalue weighted by molar-refractivity contribution is 0.181. The van der Waals surface area contributed by atoms with Crippen LogP contribution in [0.1, 0.15) is 12.8 Å². The Balaban J connectivity index is 1.81. The minimum absolute atomic E-state index is 0.687. The predicted molar refractivity (Wildman–Crippen MR) is 56.5 cm³/mol. The van der Waals surface area contributed by atoms with Gasteiger partial charge in [0.25, 0.3) is 0 Å². The third-order valence-electron chi connectivity index (χ3n) is 2.80. The second-order valence-electron chi connectivity index (χ2n) is 4.10. The summed E-state index contributed by atoms with van der Waals surface area (Å²) in [7, 11) is 2.11. The minimum Gasteiger partial charge on any atom is -0.381 e. The largest absolute Gasteiger partial charge is 0.381 e. The molecular weight excluding hydrogens is 178 g/mol. The summed E-state index contributed by atoms with van der Waals surface area (Å²) in [6.45, 7) is 4.93. The molecule has 2 heterocycles. The van der Waals surface area contributed by atoms with Gasteiger partial charge in [-0.2, -0.15) is 0 Å². The quantitative estimate of drug-likeness (QED) is 0.692. The number of nitrogens with zero attached hydrogens (tertiary/aromatic N) is 2. The van der Waals surface area contributed by atoms with Crippen LogP contribution in [-0.4, -0.2) is 50.8 Å². The third kappa shape index (κ3) is 2.38. The number of hydrogen-bond acceptors (Lipinski definition) is 4. The van der Waals surface area contributed by atoms with E-state index in [1.54, 1.807) is 0 Å². The van der Waals surface area contributed by atoms with Crippen LogP contribution in [0.2, 0.25) is 0 Å². The minimum atomic E-state index is 0.687. The molecule has 2 aliphatic heterocycles. The van der Waals surface area contributed by atoms with Crippen molar-refractivity contribution in [1.29, 1.82) is 0 Å². The van der Waals surface area contributed by atoms with E-state index in [2.05, 4.69) is 22.3 Å². The number of ether oxygens (including phenoxy) is 1. The highest BCUT2D eigenvalue weighted by Gasteiger charge is 2.19. The molecule has 1 saturated heterocycles. The van der Waals surface area contributed by atoms with Crippen LogP contribution in [0.25, 0.3) is 0 Å². The molecule has 0 aromatic rings. The summed E-state index contributed by atoms with van der Waals surface area (Å²) in [6, 6.07) is 0. The zero-order valence-electron chi connectivity index (χ0n) is 8.83. The molecular formula is C10H19N3O. The van der Waals surface area contributed by atoms with Crippen LogP contribution in [0.15, 0.2) is 4.99 Å². The second-order valence-corrected chi connectivity index (χ2v) is 4.10. The average molecular weight is 197 g/mol. The second kappa shape index (κ2) is 4.64. The SMILES string of the molecule is CN(CC1CCOC1)C1=NCCCN1. The molecule has 80 valence electrons. The van der Waals surface area contributed by atoms with Crippen LogP contribution in [0.4, 0.5) is 0 Å². The van der Waals surface area contributed by atoms with Crippen molar-refractivity contribution in [3.63, 3.8) is 0 Å². The van der Waals surface area contributed by atoms with Crippen molar-refractivity contribution in [1.82, 2.24) is 10.2 Å². The maximum atomic E-state index is 5.36. The first-order valence-electron chi connectivity index (χ1n) is 5.43. The first-order valence-corrected chi connectivity index (χ1v) is 5.43. The van der Waals surface area contributed by atoms with Crippen molar-refractivity contribution in [2.45, 2.75) is 12.8 Å². The molecule has 0 amide bonds. The number of hydrogen-bond donors (Lipinski definition) is 1. The van der Waals surface area contributed by atoms with Crippen molar-refractivity contribution in [2.24, 2.45) is 10.9 Å². The molecule has 0 radical (unpaired) electrons. The maximum absolute atomic E-state index is 5.36. The van der Waals surface area contributed by atoms with Gasteiger partial charge in [0.1, 0.15) is 0 Å². The van der Waals surface area contributed by atoms with E-state index in [1.807, 2.05) is 0 Å². The fourth-order valence-electron chi connectivity index (χ4n) is 1.98. The topological polar surface area (TPSA) is 36.9 Å². The molecule has 0 spiro atoms. The van der Waals surface area contributed by atoms with Crippen LogP contribution in [0, 0.1) is 5.92 Å². The molecule has 0 aliphatic carbocycles. The Hall–Kier alpha value is -0.770. The van der Waals surface area contributed by atoms with Gasteiger partial charge in [0.2, 0.25) is 0 Å². The Labute approximate surface area is 85.3 Å². The maximum Gasteiger partial charge on any atom is 0.193 e. The molecule has 1 fully saturated rings. The van der Waals surface area contributed by atoms with Gasteiger partial charge >= 0.3 is 0 Å². The van der Waals surface area contributed by atoms with Crippen LogP contribution < -0.4 is 5.32 Å². The normalized spacial score (nSPS) is 26.9. The summed E-state index contributed by atoms with van der Waals surface area (Å²) in [5.41, 5.74) is 0. The van der Waals surface area contributed by atoms with Crippen molar-refractivity contribution >= 4 is 5.96 Å². The summed E-state index contributed by atoms with van der Waals surface area (Å²) in [6.07, 6.45) is 2.35. The van der Waals surface area contributed by atoms with E-state index in [1.165, 1.54) is 6.42 Å².